The SMILES string of the molecule is C[C@H](OC(=O)c1ccccc1[S@](C)=O)C(=O)Nc1cccc(C(F)(F)F)c1. The number of ether oxygens (including phenoxy) is 1. The molecule has 0 radical (unpaired) electrons. The van der Waals surface area contributed by atoms with Gasteiger partial charge in [0, 0.05) is 11.9 Å². The highest BCUT2D eigenvalue weighted by atomic mass is 32.2. The predicted octanol–water partition coefficient (Wildman–Crippen LogP) is 3.63. The molecule has 0 saturated carbocycles. The molecule has 9 heteroatoms. The molecule has 1 N–H and O–H groups in total. The maximum atomic E-state index is 12.7. The summed E-state index contributed by atoms with van der Waals surface area (Å²) >= 11 is 0. The van der Waals surface area contributed by atoms with Crippen molar-refractivity contribution in [2.75, 3.05) is 11.6 Å². The van der Waals surface area contributed by atoms with Crippen LogP contribution >= 0.6 is 0 Å². The molecule has 2 atom stereocenters. The summed E-state index contributed by atoms with van der Waals surface area (Å²) in [6, 6.07) is 10.2. The van der Waals surface area contributed by atoms with Crippen molar-refractivity contribution in [3.63, 3.8) is 0 Å². The molecule has 0 fully saturated rings. The van der Waals surface area contributed by atoms with Crippen molar-refractivity contribution in [3.05, 3.63) is 59.7 Å². The van der Waals surface area contributed by atoms with Crippen LogP contribution in [0.1, 0.15) is 22.8 Å². The molecular formula is C18H16F3NO4S. The summed E-state index contributed by atoms with van der Waals surface area (Å²) in [5.74, 6) is -1.65. The molecule has 0 bridgehead atoms. The topological polar surface area (TPSA) is 72.5 Å². The number of halogens is 3. The number of carbonyl (C=O) groups excluding carboxylic acids is 2. The lowest BCUT2D eigenvalue weighted by molar-refractivity contribution is -0.137. The number of alkyl halides is 3. The minimum atomic E-state index is -4.54. The van der Waals surface area contributed by atoms with E-state index in [4.69, 9.17) is 4.74 Å². The first-order chi connectivity index (χ1) is 12.6. The summed E-state index contributed by atoms with van der Waals surface area (Å²) < 4.78 is 54.9. The molecule has 0 heterocycles. The average molecular weight is 399 g/mol. The standard InChI is InChI=1S/C18H16F3NO4S/c1-11(26-17(24)14-8-3-4-9-15(14)27(2)25)16(23)22-13-7-5-6-12(10-13)18(19,20)21/h3-11H,1-2H3,(H,22,23)/t11-,27-/m0/s1. The number of amides is 1. The Labute approximate surface area is 156 Å². The van der Waals surface area contributed by atoms with E-state index in [1.807, 2.05) is 0 Å². The van der Waals surface area contributed by atoms with Gasteiger partial charge in [0.15, 0.2) is 6.10 Å². The molecule has 2 rings (SSSR count). The Morgan fingerprint density at radius 3 is 2.41 bits per heavy atom. The molecule has 144 valence electrons. The molecule has 0 aliphatic rings. The minimum Gasteiger partial charge on any atom is -0.449 e. The highest BCUT2D eigenvalue weighted by Crippen LogP contribution is 2.30. The van der Waals surface area contributed by atoms with E-state index in [0.717, 1.165) is 18.2 Å². The van der Waals surface area contributed by atoms with Gasteiger partial charge >= 0.3 is 12.1 Å². The average Bonchev–Trinajstić information content (AvgIpc) is 2.61. The highest BCUT2D eigenvalue weighted by molar-refractivity contribution is 7.84. The van der Waals surface area contributed by atoms with Gasteiger partial charge in [0.2, 0.25) is 0 Å². The second-order valence-corrected chi connectivity index (χ2v) is 6.91. The third-order valence-corrected chi connectivity index (χ3v) is 4.50. The zero-order chi connectivity index (χ0) is 20.2. The number of rotatable bonds is 5. The zero-order valence-corrected chi connectivity index (χ0v) is 15.2. The van der Waals surface area contributed by atoms with Crippen LogP contribution in [-0.2, 0) is 26.5 Å². The fourth-order valence-electron chi connectivity index (χ4n) is 2.18. The summed E-state index contributed by atoms with van der Waals surface area (Å²) in [4.78, 5) is 24.6. The van der Waals surface area contributed by atoms with Crippen LogP contribution in [0.2, 0.25) is 0 Å². The summed E-state index contributed by atoms with van der Waals surface area (Å²) in [5, 5.41) is 2.27. The largest absolute Gasteiger partial charge is 0.449 e. The van der Waals surface area contributed by atoms with E-state index in [1.165, 1.54) is 31.4 Å². The lowest BCUT2D eigenvalue weighted by atomic mass is 10.2. The number of nitrogens with one attached hydrogen (secondary N) is 1. The van der Waals surface area contributed by atoms with Crippen molar-refractivity contribution >= 4 is 28.4 Å². The second-order valence-electron chi connectivity index (χ2n) is 5.57. The van der Waals surface area contributed by atoms with E-state index < -0.39 is 40.5 Å². The molecule has 0 aliphatic heterocycles. The van der Waals surface area contributed by atoms with Crippen molar-refractivity contribution in [1.29, 1.82) is 0 Å². The number of hydrogen-bond acceptors (Lipinski definition) is 4. The van der Waals surface area contributed by atoms with Crippen LogP contribution < -0.4 is 5.32 Å². The van der Waals surface area contributed by atoms with Crippen molar-refractivity contribution < 1.29 is 31.7 Å². The molecule has 5 nitrogen and oxygen atoms in total. The fourth-order valence-corrected chi connectivity index (χ4v) is 2.91. The Morgan fingerprint density at radius 2 is 1.78 bits per heavy atom. The van der Waals surface area contributed by atoms with E-state index in [1.54, 1.807) is 12.1 Å². The molecule has 0 spiro atoms. The number of esters is 1. The molecule has 27 heavy (non-hydrogen) atoms. The van der Waals surface area contributed by atoms with Gasteiger partial charge in [-0.3, -0.25) is 9.00 Å². The summed E-state index contributed by atoms with van der Waals surface area (Å²) in [6.45, 7) is 1.28. The van der Waals surface area contributed by atoms with E-state index in [-0.39, 0.29) is 16.1 Å². The normalized spacial score (nSPS) is 13.5. The van der Waals surface area contributed by atoms with E-state index in [2.05, 4.69) is 5.32 Å². The van der Waals surface area contributed by atoms with Crippen LogP contribution in [0, 0.1) is 0 Å². The van der Waals surface area contributed by atoms with Crippen LogP contribution in [0.25, 0.3) is 0 Å². The Balaban J connectivity index is 2.08. The van der Waals surface area contributed by atoms with Gasteiger partial charge in [-0.1, -0.05) is 18.2 Å². The van der Waals surface area contributed by atoms with Gasteiger partial charge in [-0.25, -0.2) is 4.79 Å². The summed E-state index contributed by atoms with van der Waals surface area (Å²) in [7, 11) is -1.44. The Morgan fingerprint density at radius 1 is 1.11 bits per heavy atom. The lowest BCUT2D eigenvalue weighted by Crippen LogP contribution is -2.30. The minimum absolute atomic E-state index is 0.0528. The van der Waals surface area contributed by atoms with Gasteiger partial charge in [0.25, 0.3) is 5.91 Å². The third-order valence-electron chi connectivity index (χ3n) is 3.53. The molecular weight excluding hydrogens is 383 g/mol. The molecule has 0 saturated heterocycles. The highest BCUT2D eigenvalue weighted by Gasteiger charge is 2.30. The molecule has 1 amide bonds. The first-order valence-electron chi connectivity index (χ1n) is 7.71. The Bertz CT molecular complexity index is 883. The zero-order valence-electron chi connectivity index (χ0n) is 14.4. The van der Waals surface area contributed by atoms with Crippen LogP contribution in [0.4, 0.5) is 18.9 Å². The van der Waals surface area contributed by atoms with Gasteiger partial charge in [-0.05, 0) is 37.3 Å². The van der Waals surface area contributed by atoms with Crippen molar-refractivity contribution in [2.45, 2.75) is 24.1 Å². The van der Waals surface area contributed by atoms with Gasteiger partial charge in [0.05, 0.1) is 26.8 Å². The van der Waals surface area contributed by atoms with Gasteiger partial charge in [0.1, 0.15) is 0 Å². The van der Waals surface area contributed by atoms with Crippen LogP contribution in [0.15, 0.2) is 53.4 Å². The van der Waals surface area contributed by atoms with Crippen molar-refractivity contribution in [3.8, 4) is 0 Å². The van der Waals surface area contributed by atoms with Gasteiger partial charge < -0.3 is 10.1 Å². The second kappa shape index (κ2) is 8.34. The molecule has 0 aliphatic carbocycles. The van der Waals surface area contributed by atoms with E-state index in [0.29, 0.717) is 0 Å². The van der Waals surface area contributed by atoms with Crippen LogP contribution in [0.3, 0.4) is 0 Å². The molecule has 2 aromatic carbocycles. The molecule has 2 aromatic rings. The van der Waals surface area contributed by atoms with Gasteiger partial charge in [-0.15, -0.1) is 0 Å². The number of anilines is 1. The van der Waals surface area contributed by atoms with E-state index >= 15 is 0 Å². The maximum absolute atomic E-state index is 12.7. The Hall–Kier alpha value is -2.68. The molecule has 0 aromatic heterocycles. The summed E-state index contributed by atoms with van der Waals surface area (Å²) in [5.41, 5.74) is -0.936. The smallest absolute Gasteiger partial charge is 0.416 e. The number of benzene rings is 2. The monoisotopic (exact) mass is 399 g/mol. The summed E-state index contributed by atoms with van der Waals surface area (Å²) in [6.07, 6.45) is -4.42. The van der Waals surface area contributed by atoms with Crippen molar-refractivity contribution in [2.24, 2.45) is 0 Å². The third kappa shape index (κ3) is 5.40. The molecule has 0 unspecified atom stereocenters. The maximum Gasteiger partial charge on any atom is 0.416 e. The quantitative estimate of drug-likeness (QED) is 0.780. The predicted molar refractivity (Wildman–Crippen MR) is 93.7 cm³/mol. The van der Waals surface area contributed by atoms with E-state index in [9.17, 15) is 27.0 Å². The number of carbonyl (C=O) groups is 2. The van der Waals surface area contributed by atoms with Gasteiger partial charge in [-0.2, -0.15) is 13.2 Å². The fraction of sp³-hybridized carbons (Fsp3) is 0.222. The first kappa shape index (κ1) is 20.6. The first-order valence-corrected chi connectivity index (χ1v) is 9.27. The number of hydrogen-bond donors (Lipinski definition) is 1. The Kier molecular flexibility index (Phi) is 6.37. The van der Waals surface area contributed by atoms with Crippen molar-refractivity contribution in [1.82, 2.24) is 0 Å². The lowest BCUT2D eigenvalue weighted by Gasteiger charge is -2.15. The van der Waals surface area contributed by atoms with Crippen LogP contribution in [0.5, 0.6) is 0 Å². The van der Waals surface area contributed by atoms with Crippen LogP contribution in [-0.4, -0.2) is 28.4 Å².